The second-order valence-electron chi connectivity index (χ2n) is 13.0. The van der Waals surface area contributed by atoms with Gasteiger partial charge in [-0.25, -0.2) is 0 Å². The molecular formula is C36H41NO4. The lowest BCUT2D eigenvalue weighted by atomic mass is 9.50. The van der Waals surface area contributed by atoms with Crippen LogP contribution in [-0.4, -0.2) is 37.2 Å². The van der Waals surface area contributed by atoms with Gasteiger partial charge in [0.1, 0.15) is 0 Å². The van der Waals surface area contributed by atoms with Crippen LogP contribution < -0.4 is 4.90 Å². The lowest BCUT2D eigenvalue weighted by Gasteiger charge is -2.55. The first-order chi connectivity index (χ1) is 19.6. The topological polar surface area (TPSA) is 63.7 Å². The molecule has 2 fully saturated rings. The van der Waals surface area contributed by atoms with Gasteiger partial charge in [0.05, 0.1) is 6.42 Å². The molecular weight excluding hydrogens is 510 g/mol. The average molecular weight is 552 g/mol. The second kappa shape index (κ2) is 10.4. The number of esters is 1. The first-order valence-electron chi connectivity index (χ1n) is 15.1. The smallest absolute Gasteiger partial charge is 0.311 e. The molecule has 214 valence electrons. The second-order valence-corrected chi connectivity index (χ2v) is 13.0. The van der Waals surface area contributed by atoms with E-state index in [4.69, 9.17) is 4.74 Å². The molecule has 41 heavy (non-hydrogen) atoms. The van der Waals surface area contributed by atoms with Crippen LogP contribution in [0, 0.1) is 17.3 Å². The normalized spacial score (nSPS) is 30.6. The van der Waals surface area contributed by atoms with Gasteiger partial charge in [-0.15, -0.1) is 0 Å². The number of ketones is 2. The van der Waals surface area contributed by atoms with Crippen molar-refractivity contribution in [2.75, 3.05) is 19.0 Å². The van der Waals surface area contributed by atoms with E-state index in [1.807, 2.05) is 50.5 Å². The van der Waals surface area contributed by atoms with Gasteiger partial charge in [-0.1, -0.05) is 55.0 Å². The number of hydrogen-bond donors (Lipinski definition) is 0. The number of ether oxygens (including phenoxy) is 1. The summed E-state index contributed by atoms with van der Waals surface area (Å²) in [6, 6.07) is 18.4. The van der Waals surface area contributed by atoms with Gasteiger partial charge >= 0.3 is 5.97 Å². The molecule has 0 spiro atoms. The van der Waals surface area contributed by atoms with Gasteiger partial charge < -0.3 is 9.64 Å². The number of hydrogen-bond acceptors (Lipinski definition) is 5. The van der Waals surface area contributed by atoms with Crippen LogP contribution in [0.4, 0.5) is 5.69 Å². The Hall–Kier alpha value is -3.47. The number of allylic oxidation sites excluding steroid dienone is 4. The standard InChI is InChI=1S/C36H41NO4/c1-23(38)36(41-33(40)20-24-8-6-5-7-9-24)19-18-32-30-16-12-26-21-28(39)15-17-29(26)34(30)31(22-35(32,36)2)25-10-13-27(14-11-25)37(3)4/h5-11,13-14,21,30-32H,12,15-20,22H2,1-4H3/t30-,31+,32-,35-,36-/m0/s1. The van der Waals surface area contributed by atoms with Crippen molar-refractivity contribution in [3.63, 3.8) is 0 Å². The minimum Gasteiger partial charge on any atom is -0.450 e. The van der Waals surface area contributed by atoms with Crippen LogP contribution in [0.1, 0.15) is 75.8 Å². The van der Waals surface area contributed by atoms with Gasteiger partial charge in [0, 0.05) is 37.5 Å². The Bertz CT molecular complexity index is 1440. The van der Waals surface area contributed by atoms with Gasteiger partial charge in [-0.3, -0.25) is 14.4 Å². The molecule has 0 N–H and O–H groups in total. The fourth-order valence-electron chi connectivity index (χ4n) is 8.76. The van der Waals surface area contributed by atoms with Crippen LogP contribution in [0.15, 0.2) is 77.4 Å². The number of Topliss-reactive ketones (excluding diaryl/α,β-unsaturated/α-hetero) is 1. The summed E-state index contributed by atoms with van der Waals surface area (Å²) in [6.45, 7) is 3.84. The molecule has 0 radical (unpaired) electrons. The third-order valence-corrected chi connectivity index (χ3v) is 10.7. The predicted molar refractivity (Wildman–Crippen MR) is 161 cm³/mol. The van der Waals surface area contributed by atoms with Crippen molar-refractivity contribution in [1.29, 1.82) is 0 Å². The van der Waals surface area contributed by atoms with Gasteiger partial charge in [0.15, 0.2) is 17.2 Å². The van der Waals surface area contributed by atoms with Crippen LogP contribution >= 0.6 is 0 Å². The molecule has 6 rings (SSSR count). The number of fused-ring (bicyclic) bond motifs is 4. The molecule has 0 unspecified atom stereocenters. The summed E-state index contributed by atoms with van der Waals surface area (Å²) >= 11 is 0. The van der Waals surface area contributed by atoms with Crippen molar-refractivity contribution in [3.05, 3.63) is 88.5 Å². The van der Waals surface area contributed by atoms with E-state index in [2.05, 4.69) is 36.1 Å². The highest BCUT2D eigenvalue weighted by molar-refractivity contribution is 5.93. The largest absolute Gasteiger partial charge is 0.450 e. The molecule has 0 aliphatic heterocycles. The van der Waals surface area contributed by atoms with E-state index in [1.54, 1.807) is 6.92 Å². The van der Waals surface area contributed by atoms with Crippen LogP contribution in [0.25, 0.3) is 0 Å². The molecule has 2 aromatic rings. The average Bonchev–Trinajstić information content (AvgIpc) is 3.25. The van der Waals surface area contributed by atoms with Gasteiger partial charge in [-0.05, 0) is 97.8 Å². The molecule has 4 aliphatic carbocycles. The Kier molecular flexibility index (Phi) is 7.04. The van der Waals surface area contributed by atoms with E-state index in [0.717, 1.165) is 43.4 Å². The van der Waals surface area contributed by atoms with E-state index in [0.29, 0.717) is 18.8 Å². The minimum atomic E-state index is -1.14. The number of carbonyl (C=O) groups is 3. The Morgan fingerprint density at radius 3 is 2.39 bits per heavy atom. The zero-order valence-electron chi connectivity index (χ0n) is 24.7. The quantitative estimate of drug-likeness (QED) is 0.371. The molecule has 4 aliphatic rings. The Labute approximate surface area is 243 Å². The maximum absolute atomic E-state index is 13.7. The van der Waals surface area contributed by atoms with E-state index < -0.39 is 11.0 Å². The molecule has 0 bridgehead atoms. The predicted octanol–water partition coefficient (Wildman–Crippen LogP) is 6.77. The van der Waals surface area contributed by atoms with Crippen molar-refractivity contribution in [2.45, 2.75) is 76.7 Å². The molecule has 0 aromatic heterocycles. The number of rotatable bonds is 6. The van der Waals surface area contributed by atoms with Crippen molar-refractivity contribution >= 4 is 23.2 Å². The molecule has 5 heteroatoms. The van der Waals surface area contributed by atoms with Crippen LogP contribution in [0.2, 0.25) is 0 Å². The van der Waals surface area contributed by atoms with Crippen LogP contribution in [-0.2, 0) is 25.5 Å². The summed E-state index contributed by atoms with van der Waals surface area (Å²) in [5, 5.41) is 0. The fourth-order valence-corrected chi connectivity index (χ4v) is 8.76. The van der Waals surface area contributed by atoms with E-state index in [9.17, 15) is 14.4 Å². The highest BCUT2D eigenvalue weighted by atomic mass is 16.6. The highest BCUT2D eigenvalue weighted by Gasteiger charge is 2.67. The van der Waals surface area contributed by atoms with Gasteiger partial charge in [0.2, 0.25) is 0 Å². The fraction of sp³-hybridized carbons (Fsp3) is 0.472. The Morgan fingerprint density at radius 2 is 1.71 bits per heavy atom. The zero-order valence-corrected chi connectivity index (χ0v) is 24.7. The van der Waals surface area contributed by atoms with E-state index in [-0.39, 0.29) is 35.8 Å². The van der Waals surface area contributed by atoms with E-state index in [1.165, 1.54) is 22.3 Å². The Balaban J connectivity index is 1.43. The molecule has 2 aromatic carbocycles. The molecule has 5 atom stereocenters. The summed E-state index contributed by atoms with van der Waals surface area (Å²) in [5.74, 6) is 0.521. The maximum atomic E-state index is 13.7. The summed E-state index contributed by atoms with van der Waals surface area (Å²) in [7, 11) is 4.09. The summed E-state index contributed by atoms with van der Waals surface area (Å²) in [5.41, 5.74) is 5.72. The van der Waals surface area contributed by atoms with Crippen molar-refractivity contribution in [2.24, 2.45) is 17.3 Å². The van der Waals surface area contributed by atoms with Crippen molar-refractivity contribution < 1.29 is 19.1 Å². The number of carbonyl (C=O) groups excluding carboxylic acids is 3. The van der Waals surface area contributed by atoms with Gasteiger partial charge in [0.25, 0.3) is 0 Å². The third kappa shape index (κ3) is 4.58. The lowest BCUT2D eigenvalue weighted by molar-refractivity contribution is -0.183. The Morgan fingerprint density at radius 1 is 0.976 bits per heavy atom. The van der Waals surface area contributed by atoms with Gasteiger partial charge in [-0.2, -0.15) is 0 Å². The molecule has 2 saturated carbocycles. The summed E-state index contributed by atoms with van der Waals surface area (Å²) in [6.07, 6.45) is 7.46. The monoisotopic (exact) mass is 551 g/mol. The van der Waals surface area contributed by atoms with E-state index >= 15 is 0 Å². The SMILES string of the molecule is CC(=O)[C@@]1(OC(=O)Cc2ccccc2)CC[C@H]2[C@@H]3CCC4=CC(=O)CCC4=C3[C@@H](c3ccc(N(C)C)cc3)C[C@@]21C. The highest BCUT2D eigenvalue weighted by Crippen LogP contribution is 2.67. The van der Waals surface area contributed by atoms with Crippen LogP contribution in [0.5, 0.6) is 0 Å². The van der Waals surface area contributed by atoms with Crippen LogP contribution in [0.3, 0.4) is 0 Å². The third-order valence-electron chi connectivity index (χ3n) is 10.7. The summed E-state index contributed by atoms with van der Waals surface area (Å²) < 4.78 is 6.40. The van der Waals surface area contributed by atoms with Crippen molar-refractivity contribution in [1.82, 2.24) is 0 Å². The number of nitrogens with zero attached hydrogens (tertiary/aromatic N) is 1. The summed E-state index contributed by atoms with van der Waals surface area (Å²) in [4.78, 5) is 41.6. The number of benzene rings is 2. The molecule has 0 heterocycles. The number of anilines is 1. The maximum Gasteiger partial charge on any atom is 0.311 e. The van der Waals surface area contributed by atoms with Crippen molar-refractivity contribution in [3.8, 4) is 0 Å². The zero-order chi connectivity index (χ0) is 28.9. The minimum absolute atomic E-state index is 0.0404. The lowest BCUT2D eigenvalue weighted by Crippen LogP contribution is -2.57. The first-order valence-corrected chi connectivity index (χ1v) is 15.1. The first kappa shape index (κ1) is 27.7. The molecule has 0 saturated heterocycles. The molecule has 0 amide bonds. The molecule has 5 nitrogen and oxygen atoms in total.